The summed E-state index contributed by atoms with van der Waals surface area (Å²) in [6.45, 7) is -0.492. The first-order valence-corrected chi connectivity index (χ1v) is 5.15. The van der Waals surface area contributed by atoms with E-state index in [0.717, 1.165) is 0 Å². The summed E-state index contributed by atoms with van der Waals surface area (Å²) in [6, 6.07) is 1.43. The van der Waals surface area contributed by atoms with Gasteiger partial charge in [-0.2, -0.15) is 26.3 Å². The number of halogens is 7. The van der Waals surface area contributed by atoms with Gasteiger partial charge in [0, 0.05) is 13.0 Å². The highest BCUT2D eigenvalue weighted by molar-refractivity contribution is 5.81. The Kier molecular flexibility index (Phi) is 4.13. The van der Waals surface area contributed by atoms with E-state index in [1.807, 2.05) is 0 Å². The molecule has 0 heterocycles. The van der Waals surface area contributed by atoms with E-state index in [1.54, 1.807) is 0 Å². The van der Waals surface area contributed by atoms with Crippen LogP contribution in [0.5, 0.6) is 11.5 Å². The van der Waals surface area contributed by atoms with Gasteiger partial charge in [-0.3, -0.25) is 0 Å². The number of rotatable bonds is 4. The zero-order valence-electron chi connectivity index (χ0n) is 10.1. The minimum absolute atomic E-state index is 0.242. The quantitative estimate of drug-likeness (QED) is 0.526. The molecule has 0 atom stereocenters. The predicted molar refractivity (Wildman–Crippen MR) is 54.2 cm³/mol. The molecule has 0 radical (unpaired) electrons. The summed E-state index contributed by atoms with van der Waals surface area (Å²) in [5.74, 6) is -23.3. The monoisotopic (exact) mass is 320 g/mol. The molecule has 0 saturated carbocycles. The fourth-order valence-electron chi connectivity index (χ4n) is 1.13. The maximum atomic E-state index is 13.1. The summed E-state index contributed by atoms with van der Waals surface area (Å²) in [5, 5.41) is 8.79. The van der Waals surface area contributed by atoms with Gasteiger partial charge in [0.25, 0.3) is 0 Å². The second-order valence-electron chi connectivity index (χ2n) is 4.04. The number of esters is 1. The number of phenolic OH excluding ortho intramolecular Hbond substituents is 1. The summed E-state index contributed by atoms with van der Waals surface area (Å²) in [6.07, 6.45) is 0. The number of hydrogen-bond donors (Lipinski definition) is 1. The van der Waals surface area contributed by atoms with Gasteiger partial charge < -0.3 is 9.84 Å². The largest absolute Gasteiger partial charge is 0.505 e. The molecule has 1 aromatic rings. The Morgan fingerprint density at radius 1 is 1.14 bits per heavy atom. The first-order chi connectivity index (χ1) is 9.30. The Labute approximate surface area is 112 Å². The Morgan fingerprint density at radius 3 is 2.10 bits per heavy atom. The lowest BCUT2D eigenvalue weighted by Gasteiger charge is -2.28. The molecule has 0 aliphatic carbocycles. The molecular weight excluding hydrogens is 313 g/mol. The number of carbonyl (C=O) groups excluding carboxylic acids is 1. The molecule has 21 heavy (non-hydrogen) atoms. The van der Waals surface area contributed by atoms with Crippen LogP contribution in [0.25, 0.3) is 0 Å². The predicted octanol–water partition coefficient (Wildman–Crippen LogP) is 3.36. The van der Waals surface area contributed by atoms with Crippen LogP contribution in [0.2, 0.25) is 0 Å². The lowest BCUT2D eigenvalue weighted by atomic mass is 10.1. The van der Waals surface area contributed by atoms with Gasteiger partial charge >= 0.3 is 23.7 Å². The normalized spacial score (nSPS) is 13.1. The fourth-order valence-corrected chi connectivity index (χ4v) is 1.13. The molecule has 0 aliphatic heterocycles. The number of phenols is 1. The molecule has 0 saturated heterocycles. The molecule has 0 amide bonds. The number of hydrogen-bond acceptors (Lipinski definition) is 3. The van der Waals surface area contributed by atoms with Crippen LogP contribution in [0.3, 0.4) is 0 Å². The Hall–Kier alpha value is -2.00. The van der Waals surface area contributed by atoms with Crippen LogP contribution in [-0.2, 0) is 4.79 Å². The zero-order chi connectivity index (χ0) is 16.6. The van der Waals surface area contributed by atoms with E-state index in [0.29, 0.717) is 12.1 Å². The van der Waals surface area contributed by atoms with Gasteiger partial charge in [-0.1, -0.05) is 0 Å². The Morgan fingerprint density at radius 2 is 1.67 bits per heavy atom. The van der Waals surface area contributed by atoms with Crippen LogP contribution in [0.4, 0.5) is 30.7 Å². The molecule has 118 valence electrons. The summed E-state index contributed by atoms with van der Waals surface area (Å²) in [4.78, 5) is 11.0. The van der Waals surface area contributed by atoms with E-state index in [9.17, 15) is 35.5 Å². The first-order valence-electron chi connectivity index (χ1n) is 5.15. The molecule has 1 N–H and O–H groups in total. The standard InChI is InChI=1S/C11H7F7O3/c1-9(13,14)11(17,18)10(15,16)8(20)21-5-2-3-7(19)6(12)4-5/h2-4,19H,1H3. The summed E-state index contributed by atoms with van der Waals surface area (Å²) in [5.41, 5.74) is 0. The molecule has 0 spiro atoms. The third kappa shape index (κ3) is 3.03. The van der Waals surface area contributed by atoms with E-state index >= 15 is 0 Å². The number of benzene rings is 1. The Balaban J connectivity index is 3.04. The number of alkyl halides is 6. The van der Waals surface area contributed by atoms with Crippen molar-refractivity contribution in [2.75, 3.05) is 0 Å². The van der Waals surface area contributed by atoms with E-state index in [4.69, 9.17) is 5.11 Å². The molecule has 0 fully saturated rings. The third-order valence-electron chi connectivity index (χ3n) is 2.33. The van der Waals surface area contributed by atoms with Crippen LogP contribution in [0.15, 0.2) is 18.2 Å². The molecule has 1 rings (SSSR count). The highest BCUT2D eigenvalue weighted by Gasteiger charge is 2.74. The summed E-state index contributed by atoms with van der Waals surface area (Å²) >= 11 is 0. The number of carbonyl (C=O) groups is 1. The van der Waals surface area contributed by atoms with Gasteiger partial charge in [0.05, 0.1) is 0 Å². The SMILES string of the molecule is CC(F)(F)C(F)(F)C(F)(F)C(=O)Oc1ccc(O)c(F)c1. The maximum Gasteiger partial charge on any atom is 0.411 e. The average Bonchev–Trinajstić information content (AvgIpc) is 2.32. The van der Waals surface area contributed by atoms with E-state index in [2.05, 4.69) is 4.74 Å². The third-order valence-corrected chi connectivity index (χ3v) is 2.33. The molecule has 0 bridgehead atoms. The van der Waals surface area contributed by atoms with E-state index < -0.39 is 48.0 Å². The summed E-state index contributed by atoms with van der Waals surface area (Å²) < 4.78 is 93.6. The molecule has 1 aromatic carbocycles. The molecule has 0 unspecified atom stereocenters. The lowest BCUT2D eigenvalue weighted by molar-refractivity contribution is -0.296. The minimum Gasteiger partial charge on any atom is -0.505 e. The molecule has 10 heteroatoms. The first kappa shape index (κ1) is 17.1. The van der Waals surface area contributed by atoms with E-state index in [-0.39, 0.29) is 6.07 Å². The number of ether oxygens (including phenoxy) is 1. The van der Waals surface area contributed by atoms with Crippen molar-refractivity contribution >= 4 is 5.97 Å². The Bertz CT molecular complexity index is 551. The fraction of sp³-hybridized carbons (Fsp3) is 0.364. The van der Waals surface area contributed by atoms with Gasteiger partial charge in [0.1, 0.15) is 5.75 Å². The molecule has 0 aliphatic rings. The highest BCUT2D eigenvalue weighted by atomic mass is 19.3. The van der Waals surface area contributed by atoms with Gasteiger partial charge in [-0.05, 0) is 12.1 Å². The maximum absolute atomic E-state index is 13.1. The minimum atomic E-state index is -6.01. The second kappa shape index (κ2) is 5.08. The van der Waals surface area contributed by atoms with Gasteiger partial charge in [0.2, 0.25) is 0 Å². The summed E-state index contributed by atoms with van der Waals surface area (Å²) in [7, 11) is 0. The van der Waals surface area contributed by atoms with Crippen molar-refractivity contribution in [1.29, 1.82) is 0 Å². The van der Waals surface area contributed by atoms with Crippen molar-refractivity contribution in [3.63, 3.8) is 0 Å². The van der Waals surface area contributed by atoms with Crippen molar-refractivity contribution < 1.29 is 45.4 Å². The highest BCUT2D eigenvalue weighted by Crippen LogP contribution is 2.46. The molecule has 3 nitrogen and oxygen atoms in total. The zero-order valence-corrected chi connectivity index (χ0v) is 10.1. The van der Waals surface area contributed by atoms with Gasteiger partial charge in [-0.15, -0.1) is 0 Å². The molecular formula is C11H7F7O3. The van der Waals surface area contributed by atoms with Crippen molar-refractivity contribution in [1.82, 2.24) is 0 Å². The lowest BCUT2D eigenvalue weighted by Crippen LogP contribution is -2.57. The van der Waals surface area contributed by atoms with E-state index in [1.165, 1.54) is 0 Å². The van der Waals surface area contributed by atoms with Crippen molar-refractivity contribution in [3.8, 4) is 11.5 Å². The second-order valence-corrected chi connectivity index (χ2v) is 4.04. The van der Waals surface area contributed by atoms with Gasteiger partial charge in [0.15, 0.2) is 11.6 Å². The van der Waals surface area contributed by atoms with Crippen molar-refractivity contribution in [3.05, 3.63) is 24.0 Å². The molecule has 0 aromatic heterocycles. The number of aromatic hydroxyl groups is 1. The van der Waals surface area contributed by atoms with Crippen LogP contribution in [0, 0.1) is 5.82 Å². The van der Waals surface area contributed by atoms with Crippen LogP contribution in [0.1, 0.15) is 6.92 Å². The van der Waals surface area contributed by atoms with Crippen LogP contribution >= 0.6 is 0 Å². The average molecular weight is 320 g/mol. The smallest absolute Gasteiger partial charge is 0.411 e. The van der Waals surface area contributed by atoms with Gasteiger partial charge in [-0.25, -0.2) is 9.18 Å². The van der Waals surface area contributed by atoms with Crippen LogP contribution < -0.4 is 4.74 Å². The topological polar surface area (TPSA) is 46.5 Å². The van der Waals surface area contributed by atoms with Crippen molar-refractivity contribution in [2.24, 2.45) is 0 Å². The van der Waals surface area contributed by atoms with Crippen molar-refractivity contribution in [2.45, 2.75) is 24.7 Å². The van der Waals surface area contributed by atoms with Crippen LogP contribution in [-0.4, -0.2) is 28.8 Å².